The van der Waals surface area contributed by atoms with E-state index in [0.29, 0.717) is 16.7 Å². The molecular formula is C23H16ClF4N3O. The number of aromatic nitrogens is 1. The molecule has 0 aliphatic heterocycles. The Morgan fingerprint density at radius 1 is 1.09 bits per heavy atom. The van der Waals surface area contributed by atoms with E-state index < -0.39 is 23.5 Å². The van der Waals surface area contributed by atoms with Crippen molar-refractivity contribution in [2.75, 3.05) is 11.1 Å². The van der Waals surface area contributed by atoms with Crippen LogP contribution in [0.15, 0.2) is 42.6 Å². The van der Waals surface area contributed by atoms with Gasteiger partial charge in [0.15, 0.2) is 0 Å². The Balaban J connectivity index is 1.91. The molecule has 164 valence electrons. The van der Waals surface area contributed by atoms with Gasteiger partial charge >= 0.3 is 6.18 Å². The van der Waals surface area contributed by atoms with Crippen LogP contribution < -0.4 is 11.1 Å². The summed E-state index contributed by atoms with van der Waals surface area (Å²) in [6.45, 7) is 2.92. The lowest BCUT2D eigenvalue weighted by Gasteiger charge is -2.13. The highest BCUT2D eigenvalue weighted by Gasteiger charge is 2.32. The summed E-state index contributed by atoms with van der Waals surface area (Å²) in [5.74, 6) is 4.04. The maximum Gasteiger partial charge on any atom is 0.416 e. The third-order valence-corrected chi connectivity index (χ3v) is 4.87. The monoisotopic (exact) mass is 461 g/mol. The van der Waals surface area contributed by atoms with Gasteiger partial charge in [-0.25, -0.2) is 9.37 Å². The first-order chi connectivity index (χ1) is 15.0. The number of hydrogen-bond acceptors (Lipinski definition) is 3. The molecule has 0 aliphatic rings. The number of halogens is 5. The lowest BCUT2D eigenvalue weighted by molar-refractivity contribution is -0.138. The molecule has 1 aromatic heterocycles. The number of hydrogen-bond donors (Lipinski definition) is 2. The minimum atomic E-state index is -4.58. The fraction of sp³-hybridized carbons (Fsp3) is 0.130. The number of amides is 1. The van der Waals surface area contributed by atoms with Gasteiger partial charge in [0.05, 0.1) is 16.1 Å². The first kappa shape index (κ1) is 23.1. The van der Waals surface area contributed by atoms with Crippen LogP contribution in [0, 0.1) is 31.5 Å². The molecule has 3 N–H and O–H groups in total. The van der Waals surface area contributed by atoms with Crippen molar-refractivity contribution in [1.29, 1.82) is 0 Å². The van der Waals surface area contributed by atoms with Gasteiger partial charge < -0.3 is 11.1 Å². The number of aryl methyl sites for hydroxylation is 2. The largest absolute Gasteiger partial charge is 0.416 e. The van der Waals surface area contributed by atoms with E-state index in [1.807, 2.05) is 0 Å². The van der Waals surface area contributed by atoms with E-state index in [-0.39, 0.29) is 27.7 Å². The summed E-state index contributed by atoms with van der Waals surface area (Å²) in [6.07, 6.45) is -3.17. The van der Waals surface area contributed by atoms with Gasteiger partial charge in [0.2, 0.25) is 0 Å². The Bertz CT molecular complexity index is 1280. The highest BCUT2D eigenvalue weighted by atomic mass is 35.5. The Labute approximate surface area is 186 Å². The molecule has 0 saturated carbocycles. The van der Waals surface area contributed by atoms with Gasteiger partial charge in [-0.2, -0.15) is 13.2 Å². The first-order valence-electron chi connectivity index (χ1n) is 9.18. The molecule has 0 bridgehead atoms. The molecule has 0 unspecified atom stereocenters. The third-order valence-electron chi connectivity index (χ3n) is 4.57. The number of benzene rings is 2. The summed E-state index contributed by atoms with van der Waals surface area (Å²) < 4.78 is 53.8. The fourth-order valence-electron chi connectivity index (χ4n) is 2.84. The van der Waals surface area contributed by atoms with Crippen LogP contribution in [0.4, 0.5) is 29.1 Å². The molecule has 2 aromatic carbocycles. The van der Waals surface area contributed by atoms with Crippen LogP contribution in [0.1, 0.15) is 38.2 Å². The summed E-state index contributed by atoms with van der Waals surface area (Å²) in [6, 6.07) is 7.22. The number of carbonyl (C=O) groups excluding carboxylic acids is 1. The number of carbonyl (C=O) groups is 1. The van der Waals surface area contributed by atoms with Crippen LogP contribution in [-0.2, 0) is 6.18 Å². The van der Waals surface area contributed by atoms with Gasteiger partial charge in [-0.1, -0.05) is 29.5 Å². The highest BCUT2D eigenvalue weighted by Crippen LogP contribution is 2.33. The smallest absolute Gasteiger partial charge is 0.382 e. The maximum absolute atomic E-state index is 14.4. The molecular weight excluding hydrogens is 446 g/mol. The van der Waals surface area contributed by atoms with Crippen LogP contribution in [0.25, 0.3) is 0 Å². The minimum absolute atomic E-state index is 0.00633. The fourth-order valence-corrected chi connectivity index (χ4v) is 3.01. The number of anilines is 2. The van der Waals surface area contributed by atoms with Gasteiger partial charge in [0, 0.05) is 23.0 Å². The first-order valence-corrected chi connectivity index (χ1v) is 9.56. The minimum Gasteiger partial charge on any atom is -0.382 e. The number of alkyl halides is 3. The Morgan fingerprint density at radius 3 is 2.47 bits per heavy atom. The van der Waals surface area contributed by atoms with Gasteiger partial charge in [-0.05, 0) is 55.3 Å². The Morgan fingerprint density at radius 2 is 1.81 bits per heavy atom. The molecule has 0 atom stereocenters. The van der Waals surface area contributed by atoms with Crippen LogP contribution in [0.2, 0.25) is 5.02 Å². The Kier molecular flexibility index (Phi) is 6.42. The number of nitrogens with zero attached hydrogens (tertiary/aromatic N) is 1. The second-order valence-corrected chi connectivity index (χ2v) is 7.38. The molecule has 0 fully saturated rings. The van der Waals surface area contributed by atoms with Crippen LogP contribution >= 0.6 is 11.6 Å². The van der Waals surface area contributed by atoms with E-state index in [9.17, 15) is 22.4 Å². The van der Waals surface area contributed by atoms with E-state index in [1.54, 1.807) is 6.92 Å². The molecule has 9 heteroatoms. The normalized spacial score (nSPS) is 11.0. The second-order valence-electron chi connectivity index (χ2n) is 6.97. The lowest BCUT2D eigenvalue weighted by Crippen LogP contribution is -2.16. The SMILES string of the molecule is Cc1cc(F)c(C(=O)Nc2ccc(C)c(C(F)(F)F)c2)cc1C#Cc1cnc(N)c(Cl)c1. The molecule has 3 aromatic rings. The molecule has 1 amide bonds. The number of nitrogens with two attached hydrogens (primary N) is 1. The lowest BCUT2D eigenvalue weighted by atomic mass is 10.0. The standard InChI is InChI=1S/C23H16ClF4N3O/c1-12-3-6-16(10-18(12)23(26,27)28)31-22(32)17-9-15(13(2)7-20(17)25)5-4-14-8-19(24)21(29)30-11-14/h3,6-11H,1-2H3,(H2,29,30)(H,31,32). The zero-order chi connectivity index (χ0) is 23.6. The van der Waals surface area contributed by atoms with E-state index in [2.05, 4.69) is 22.1 Å². The van der Waals surface area contributed by atoms with Crippen molar-refractivity contribution in [3.8, 4) is 11.8 Å². The van der Waals surface area contributed by atoms with E-state index in [0.717, 1.165) is 12.1 Å². The van der Waals surface area contributed by atoms with Gasteiger partial charge in [-0.3, -0.25) is 4.79 Å². The highest BCUT2D eigenvalue weighted by molar-refractivity contribution is 6.32. The Hall–Kier alpha value is -3.57. The van der Waals surface area contributed by atoms with Crippen molar-refractivity contribution in [1.82, 2.24) is 4.98 Å². The van der Waals surface area contributed by atoms with Crippen molar-refractivity contribution in [2.45, 2.75) is 20.0 Å². The predicted octanol–water partition coefficient (Wildman–Crippen LogP) is 5.74. The summed E-state index contributed by atoms with van der Waals surface area (Å²) in [5, 5.41) is 2.53. The van der Waals surface area contributed by atoms with Crippen molar-refractivity contribution in [3.63, 3.8) is 0 Å². The molecule has 32 heavy (non-hydrogen) atoms. The molecule has 3 rings (SSSR count). The van der Waals surface area contributed by atoms with Gasteiger partial charge in [0.25, 0.3) is 5.91 Å². The van der Waals surface area contributed by atoms with Crippen molar-refractivity contribution < 1.29 is 22.4 Å². The predicted molar refractivity (Wildman–Crippen MR) is 115 cm³/mol. The average molecular weight is 462 g/mol. The van der Waals surface area contributed by atoms with E-state index in [1.165, 1.54) is 37.4 Å². The van der Waals surface area contributed by atoms with Crippen LogP contribution in [0.5, 0.6) is 0 Å². The average Bonchev–Trinajstić information content (AvgIpc) is 2.70. The molecule has 4 nitrogen and oxygen atoms in total. The summed E-state index contributed by atoms with van der Waals surface area (Å²) in [5.41, 5.74) is 5.48. The molecule has 0 aliphatic carbocycles. The van der Waals surface area contributed by atoms with Crippen LogP contribution in [-0.4, -0.2) is 10.9 Å². The summed E-state index contributed by atoms with van der Waals surface area (Å²) >= 11 is 5.91. The van der Waals surface area contributed by atoms with E-state index in [4.69, 9.17) is 17.3 Å². The van der Waals surface area contributed by atoms with Crippen LogP contribution in [0.3, 0.4) is 0 Å². The van der Waals surface area contributed by atoms with Gasteiger partial charge in [0.1, 0.15) is 11.6 Å². The number of rotatable bonds is 2. The molecule has 1 heterocycles. The zero-order valence-corrected chi connectivity index (χ0v) is 17.6. The number of nitrogen functional groups attached to an aromatic ring is 1. The summed E-state index contributed by atoms with van der Waals surface area (Å²) in [4.78, 5) is 16.5. The second kappa shape index (κ2) is 8.89. The van der Waals surface area contributed by atoms with E-state index >= 15 is 0 Å². The summed E-state index contributed by atoms with van der Waals surface area (Å²) in [7, 11) is 0. The van der Waals surface area contributed by atoms with Gasteiger partial charge in [-0.15, -0.1) is 0 Å². The molecule has 0 spiro atoms. The molecule has 0 radical (unpaired) electrons. The number of nitrogens with one attached hydrogen (secondary N) is 1. The van der Waals surface area contributed by atoms with Crippen molar-refractivity contribution in [2.24, 2.45) is 0 Å². The zero-order valence-electron chi connectivity index (χ0n) is 16.9. The maximum atomic E-state index is 14.4. The van der Waals surface area contributed by atoms with Crippen molar-refractivity contribution in [3.05, 3.63) is 86.8 Å². The van der Waals surface area contributed by atoms with Crippen molar-refractivity contribution >= 4 is 29.0 Å². The topological polar surface area (TPSA) is 68.0 Å². The quantitative estimate of drug-likeness (QED) is 0.377. The third kappa shape index (κ3) is 5.18. The molecule has 0 saturated heterocycles. The number of pyridine rings is 1.